The van der Waals surface area contributed by atoms with Gasteiger partial charge in [0.1, 0.15) is 0 Å². The van der Waals surface area contributed by atoms with E-state index < -0.39 is 6.29 Å². The molecular weight excluding hydrogens is 108 g/mol. The lowest BCUT2D eigenvalue weighted by Gasteiger charge is -1.91. The number of aliphatic hydroxyl groups excluding tert-OH is 1. The standard InChI is InChI=1S/C4H8O2.2H3N/c1-2-3-4(5)6;;/h2,4-6H,1,3H2;2*1H3. The van der Waals surface area contributed by atoms with Crippen LogP contribution < -0.4 is 12.3 Å². The first-order chi connectivity index (χ1) is 2.77. The molecule has 0 aliphatic rings. The topological polar surface area (TPSA) is 110 Å². The molecule has 0 bridgehead atoms. The highest BCUT2D eigenvalue weighted by Gasteiger charge is 1.86. The molecule has 0 fully saturated rings. The van der Waals surface area contributed by atoms with Crippen molar-refractivity contribution in [2.75, 3.05) is 0 Å². The summed E-state index contributed by atoms with van der Waals surface area (Å²) in [5.41, 5.74) is 0. The van der Waals surface area contributed by atoms with E-state index in [0.717, 1.165) is 0 Å². The highest BCUT2D eigenvalue weighted by molar-refractivity contribution is 4.65. The molecule has 0 atom stereocenters. The summed E-state index contributed by atoms with van der Waals surface area (Å²) in [6, 6.07) is 0. The van der Waals surface area contributed by atoms with Crippen molar-refractivity contribution >= 4 is 0 Å². The fourth-order valence-corrected chi connectivity index (χ4v) is 0.149. The van der Waals surface area contributed by atoms with Crippen LogP contribution in [0.4, 0.5) is 0 Å². The van der Waals surface area contributed by atoms with Crippen molar-refractivity contribution in [3.05, 3.63) is 12.7 Å². The predicted molar refractivity (Wildman–Crippen MR) is 33.1 cm³/mol. The molecule has 0 amide bonds. The quantitative estimate of drug-likeness (QED) is 0.309. The lowest BCUT2D eigenvalue weighted by atomic mass is 10.4. The van der Waals surface area contributed by atoms with Crippen LogP contribution in [0.25, 0.3) is 0 Å². The Hall–Kier alpha value is -0.420. The summed E-state index contributed by atoms with van der Waals surface area (Å²) in [7, 11) is 0. The van der Waals surface area contributed by atoms with Gasteiger partial charge in [0, 0.05) is 6.42 Å². The number of hydrogen-bond acceptors (Lipinski definition) is 4. The van der Waals surface area contributed by atoms with E-state index in [1.54, 1.807) is 0 Å². The van der Waals surface area contributed by atoms with Crippen LogP contribution in [0.1, 0.15) is 6.42 Å². The third kappa shape index (κ3) is 17.6. The third-order valence-electron chi connectivity index (χ3n) is 0.377. The Labute approximate surface area is 49.0 Å². The van der Waals surface area contributed by atoms with E-state index in [0.29, 0.717) is 0 Å². The Bertz CT molecular complexity index is 47.3. The Kier molecular flexibility index (Phi) is 19.1. The van der Waals surface area contributed by atoms with Crippen molar-refractivity contribution < 1.29 is 10.2 Å². The molecule has 0 unspecified atom stereocenters. The van der Waals surface area contributed by atoms with Crippen molar-refractivity contribution in [1.29, 1.82) is 0 Å². The zero-order valence-corrected chi connectivity index (χ0v) is 4.88. The molecule has 0 saturated carbocycles. The molecular formula is C4H14N2O2. The van der Waals surface area contributed by atoms with E-state index in [1.165, 1.54) is 6.08 Å². The SMILES string of the molecule is C=CCC(O)O.N.N. The van der Waals surface area contributed by atoms with Crippen LogP contribution in [0.3, 0.4) is 0 Å². The van der Waals surface area contributed by atoms with Gasteiger partial charge >= 0.3 is 0 Å². The van der Waals surface area contributed by atoms with E-state index in [4.69, 9.17) is 10.2 Å². The lowest BCUT2D eigenvalue weighted by Crippen LogP contribution is -1.99. The van der Waals surface area contributed by atoms with Crippen LogP contribution >= 0.6 is 0 Å². The summed E-state index contributed by atoms with van der Waals surface area (Å²) in [6.07, 6.45) is 0.479. The maximum absolute atomic E-state index is 8.04. The zero-order chi connectivity index (χ0) is 4.99. The highest BCUT2D eigenvalue weighted by atomic mass is 16.5. The fourth-order valence-electron chi connectivity index (χ4n) is 0.149. The molecule has 8 N–H and O–H groups in total. The molecule has 0 heterocycles. The van der Waals surface area contributed by atoms with Gasteiger partial charge in [-0.3, -0.25) is 0 Å². The highest BCUT2D eigenvalue weighted by Crippen LogP contribution is 1.82. The van der Waals surface area contributed by atoms with E-state index in [-0.39, 0.29) is 18.7 Å². The maximum atomic E-state index is 8.04. The first kappa shape index (κ1) is 15.6. The van der Waals surface area contributed by atoms with Crippen LogP contribution in [0.5, 0.6) is 0 Å². The predicted octanol–water partition coefficient (Wildman–Crippen LogP) is 0.197. The van der Waals surface area contributed by atoms with Gasteiger partial charge in [-0.25, -0.2) is 0 Å². The largest absolute Gasteiger partial charge is 0.368 e. The summed E-state index contributed by atoms with van der Waals surface area (Å²) >= 11 is 0. The molecule has 0 aromatic rings. The summed E-state index contributed by atoms with van der Waals surface area (Å²) in [5, 5.41) is 16.1. The van der Waals surface area contributed by atoms with Gasteiger partial charge < -0.3 is 22.5 Å². The van der Waals surface area contributed by atoms with Gasteiger partial charge in [0.05, 0.1) is 0 Å². The minimum atomic E-state index is -1.22. The molecule has 0 spiro atoms. The minimum Gasteiger partial charge on any atom is -0.368 e. The van der Waals surface area contributed by atoms with Crippen molar-refractivity contribution in [1.82, 2.24) is 12.3 Å². The number of hydrogen-bond donors (Lipinski definition) is 4. The van der Waals surface area contributed by atoms with Gasteiger partial charge in [0.25, 0.3) is 0 Å². The summed E-state index contributed by atoms with van der Waals surface area (Å²) < 4.78 is 0. The molecule has 0 saturated heterocycles. The molecule has 0 aliphatic carbocycles. The van der Waals surface area contributed by atoms with Crippen LogP contribution in [-0.4, -0.2) is 16.5 Å². The van der Waals surface area contributed by atoms with Gasteiger partial charge in [-0.1, -0.05) is 6.08 Å². The Morgan fingerprint density at radius 3 is 1.75 bits per heavy atom. The van der Waals surface area contributed by atoms with Gasteiger partial charge in [-0.2, -0.15) is 0 Å². The monoisotopic (exact) mass is 122 g/mol. The second-order valence-corrected chi connectivity index (χ2v) is 1.00. The normalized spacial score (nSPS) is 6.88. The van der Waals surface area contributed by atoms with E-state index in [2.05, 4.69) is 6.58 Å². The van der Waals surface area contributed by atoms with Gasteiger partial charge in [0.15, 0.2) is 6.29 Å². The molecule has 52 valence electrons. The second-order valence-electron chi connectivity index (χ2n) is 1.00. The third-order valence-corrected chi connectivity index (χ3v) is 0.377. The minimum absolute atomic E-state index is 0. The second kappa shape index (κ2) is 9.77. The molecule has 4 nitrogen and oxygen atoms in total. The molecule has 0 aromatic carbocycles. The molecule has 8 heavy (non-hydrogen) atoms. The molecule has 0 aromatic heterocycles. The van der Waals surface area contributed by atoms with Gasteiger partial charge in [-0.15, -0.1) is 6.58 Å². The van der Waals surface area contributed by atoms with Crippen LogP contribution in [-0.2, 0) is 0 Å². The van der Waals surface area contributed by atoms with Gasteiger partial charge in [0.2, 0.25) is 0 Å². The average molecular weight is 122 g/mol. The zero-order valence-electron chi connectivity index (χ0n) is 4.88. The van der Waals surface area contributed by atoms with Gasteiger partial charge in [-0.05, 0) is 0 Å². The Morgan fingerprint density at radius 2 is 1.75 bits per heavy atom. The molecule has 4 heteroatoms. The summed E-state index contributed by atoms with van der Waals surface area (Å²) in [6.45, 7) is 3.28. The lowest BCUT2D eigenvalue weighted by molar-refractivity contribution is -0.0360. The smallest absolute Gasteiger partial charge is 0.154 e. The van der Waals surface area contributed by atoms with Crippen molar-refractivity contribution in [2.24, 2.45) is 0 Å². The van der Waals surface area contributed by atoms with E-state index >= 15 is 0 Å². The summed E-state index contributed by atoms with van der Waals surface area (Å²) in [4.78, 5) is 0. The van der Waals surface area contributed by atoms with Crippen molar-refractivity contribution in [3.8, 4) is 0 Å². The first-order valence-electron chi connectivity index (χ1n) is 1.74. The maximum Gasteiger partial charge on any atom is 0.154 e. The van der Waals surface area contributed by atoms with E-state index in [9.17, 15) is 0 Å². The number of rotatable bonds is 2. The Morgan fingerprint density at radius 1 is 1.38 bits per heavy atom. The van der Waals surface area contributed by atoms with Crippen LogP contribution in [0, 0.1) is 0 Å². The summed E-state index contributed by atoms with van der Waals surface area (Å²) in [5.74, 6) is 0. The van der Waals surface area contributed by atoms with Crippen molar-refractivity contribution in [3.63, 3.8) is 0 Å². The van der Waals surface area contributed by atoms with Crippen LogP contribution in [0.15, 0.2) is 12.7 Å². The fraction of sp³-hybridized carbons (Fsp3) is 0.500. The van der Waals surface area contributed by atoms with Crippen molar-refractivity contribution in [2.45, 2.75) is 12.7 Å². The Balaban J connectivity index is -0.000000125. The first-order valence-corrected chi connectivity index (χ1v) is 1.74. The average Bonchev–Trinajstić information content (AvgIpc) is 1.35. The molecule has 0 aliphatic heterocycles. The van der Waals surface area contributed by atoms with E-state index in [1.807, 2.05) is 0 Å². The molecule has 0 rings (SSSR count). The molecule has 0 radical (unpaired) electrons. The van der Waals surface area contributed by atoms with Crippen LogP contribution in [0.2, 0.25) is 0 Å². The number of aliphatic hydroxyl groups is 2.